The third-order valence-electron chi connectivity index (χ3n) is 6.51. The van der Waals surface area contributed by atoms with Gasteiger partial charge in [0.05, 0.1) is 11.0 Å². The number of likely N-dealkylation sites (tertiary alicyclic amines) is 1. The lowest BCUT2D eigenvalue weighted by Crippen LogP contribution is -2.51. The molecule has 0 radical (unpaired) electrons. The first-order valence-electron chi connectivity index (χ1n) is 9.80. The zero-order valence-corrected chi connectivity index (χ0v) is 16.2. The molecule has 0 aromatic heterocycles. The molecular weight excluding hydrogens is 344 g/mol. The number of rotatable bonds is 4. The summed E-state index contributed by atoms with van der Waals surface area (Å²) >= 11 is 0. The maximum absolute atomic E-state index is 13.4. The van der Waals surface area contributed by atoms with Gasteiger partial charge in [-0.25, -0.2) is 4.79 Å². The van der Waals surface area contributed by atoms with Crippen molar-refractivity contribution < 1.29 is 19.4 Å². The van der Waals surface area contributed by atoms with Crippen LogP contribution in [0.5, 0.6) is 0 Å². The minimum atomic E-state index is -0.879. The third-order valence-corrected chi connectivity index (χ3v) is 6.51. The minimum Gasteiger partial charge on any atom is -0.446 e. The molecule has 0 spiro atoms. The molecule has 6 nitrogen and oxygen atoms in total. The number of nitrogens with zero attached hydrogens (tertiary/aromatic N) is 1. The standard InChI is InChI=1S/C21H30N2O4/c1-15(2)20(9-8-17(14-20)27-19(22)25)18(24)23-12-10-21(26,11-13-23)16-6-4-3-5-7-16/h3-7,15,17,26H,8-14H2,1-2H3,(H2,22,25)/t17-,20+/m1/s1. The molecule has 2 aliphatic rings. The van der Waals surface area contributed by atoms with E-state index in [2.05, 4.69) is 13.8 Å². The van der Waals surface area contributed by atoms with E-state index in [1.807, 2.05) is 35.2 Å². The Labute approximate surface area is 160 Å². The number of carbonyl (C=O) groups excluding carboxylic acids is 2. The predicted molar refractivity (Wildman–Crippen MR) is 102 cm³/mol. The van der Waals surface area contributed by atoms with Crippen molar-refractivity contribution in [1.82, 2.24) is 4.90 Å². The van der Waals surface area contributed by atoms with Crippen molar-refractivity contribution in [3.63, 3.8) is 0 Å². The van der Waals surface area contributed by atoms with E-state index in [4.69, 9.17) is 10.5 Å². The van der Waals surface area contributed by atoms with Gasteiger partial charge in [0.2, 0.25) is 5.91 Å². The summed E-state index contributed by atoms with van der Waals surface area (Å²) in [5.41, 5.74) is 4.66. The van der Waals surface area contributed by atoms with Crippen LogP contribution in [0.2, 0.25) is 0 Å². The van der Waals surface area contributed by atoms with Gasteiger partial charge in [0.15, 0.2) is 0 Å². The molecule has 0 unspecified atom stereocenters. The number of aliphatic hydroxyl groups is 1. The largest absolute Gasteiger partial charge is 0.446 e. The Kier molecular flexibility index (Phi) is 5.47. The molecule has 3 N–H and O–H groups in total. The van der Waals surface area contributed by atoms with Crippen LogP contribution in [0.25, 0.3) is 0 Å². The molecule has 148 valence electrons. The van der Waals surface area contributed by atoms with Crippen LogP contribution in [-0.2, 0) is 15.1 Å². The summed E-state index contributed by atoms with van der Waals surface area (Å²) in [7, 11) is 0. The van der Waals surface area contributed by atoms with E-state index in [0.717, 1.165) is 5.56 Å². The lowest BCUT2D eigenvalue weighted by molar-refractivity contribution is -0.149. The molecule has 27 heavy (non-hydrogen) atoms. The predicted octanol–water partition coefficient (Wildman–Crippen LogP) is 2.79. The Hall–Kier alpha value is -2.08. The maximum atomic E-state index is 13.4. The van der Waals surface area contributed by atoms with Gasteiger partial charge < -0.3 is 20.5 Å². The molecule has 1 aromatic carbocycles. The van der Waals surface area contributed by atoms with Crippen LogP contribution in [-0.4, -0.2) is 41.2 Å². The second-order valence-electron chi connectivity index (χ2n) is 8.30. The van der Waals surface area contributed by atoms with Gasteiger partial charge in [-0.2, -0.15) is 0 Å². The lowest BCUT2D eigenvalue weighted by atomic mass is 9.73. The molecule has 0 bridgehead atoms. The summed E-state index contributed by atoms with van der Waals surface area (Å²) in [5, 5.41) is 11.0. The van der Waals surface area contributed by atoms with Crippen molar-refractivity contribution in [3.8, 4) is 0 Å². The van der Waals surface area contributed by atoms with E-state index in [0.29, 0.717) is 45.2 Å². The summed E-state index contributed by atoms with van der Waals surface area (Å²) in [6, 6.07) is 9.67. The fourth-order valence-electron chi connectivity index (χ4n) is 4.69. The van der Waals surface area contributed by atoms with E-state index >= 15 is 0 Å². The number of hydrogen-bond donors (Lipinski definition) is 2. The maximum Gasteiger partial charge on any atom is 0.404 e. The molecule has 1 saturated heterocycles. The first-order valence-corrected chi connectivity index (χ1v) is 9.80. The van der Waals surface area contributed by atoms with Gasteiger partial charge in [-0.15, -0.1) is 0 Å². The van der Waals surface area contributed by atoms with Crippen molar-refractivity contribution >= 4 is 12.0 Å². The highest BCUT2D eigenvalue weighted by Gasteiger charge is 2.51. The summed E-state index contributed by atoms with van der Waals surface area (Å²) < 4.78 is 5.17. The highest BCUT2D eigenvalue weighted by molar-refractivity contribution is 5.83. The molecule has 3 rings (SSSR count). The van der Waals surface area contributed by atoms with E-state index in [9.17, 15) is 14.7 Å². The Morgan fingerprint density at radius 3 is 2.37 bits per heavy atom. The molecule has 1 aliphatic carbocycles. The second-order valence-corrected chi connectivity index (χ2v) is 8.30. The number of hydrogen-bond acceptors (Lipinski definition) is 4. The van der Waals surface area contributed by atoms with Gasteiger partial charge in [0.1, 0.15) is 6.10 Å². The number of nitrogens with two attached hydrogens (primary N) is 1. The van der Waals surface area contributed by atoms with Crippen LogP contribution < -0.4 is 5.73 Å². The van der Waals surface area contributed by atoms with Crippen molar-refractivity contribution in [2.75, 3.05) is 13.1 Å². The van der Waals surface area contributed by atoms with Crippen LogP contribution in [0.3, 0.4) is 0 Å². The molecular formula is C21H30N2O4. The fraction of sp³-hybridized carbons (Fsp3) is 0.619. The first-order chi connectivity index (χ1) is 12.8. The Bertz CT molecular complexity index is 683. The van der Waals surface area contributed by atoms with Crippen molar-refractivity contribution in [2.24, 2.45) is 17.1 Å². The molecule has 2 fully saturated rings. The Morgan fingerprint density at radius 1 is 1.19 bits per heavy atom. The highest BCUT2D eigenvalue weighted by Crippen LogP contribution is 2.47. The quantitative estimate of drug-likeness (QED) is 0.847. The highest BCUT2D eigenvalue weighted by atomic mass is 16.6. The van der Waals surface area contributed by atoms with Crippen LogP contribution in [0.15, 0.2) is 30.3 Å². The lowest BCUT2D eigenvalue weighted by Gasteiger charge is -2.43. The minimum absolute atomic E-state index is 0.114. The fourth-order valence-corrected chi connectivity index (χ4v) is 4.69. The van der Waals surface area contributed by atoms with Crippen LogP contribution in [0.1, 0.15) is 51.5 Å². The number of carbonyl (C=O) groups is 2. The van der Waals surface area contributed by atoms with Gasteiger partial charge >= 0.3 is 6.09 Å². The van der Waals surface area contributed by atoms with E-state index < -0.39 is 17.1 Å². The average molecular weight is 374 g/mol. The van der Waals surface area contributed by atoms with Gasteiger partial charge in [-0.05, 0) is 43.6 Å². The summed E-state index contributed by atoms with van der Waals surface area (Å²) in [5.74, 6) is 0.254. The number of ether oxygens (including phenoxy) is 1. The zero-order valence-electron chi connectivity index (χ0n) is 16.2. The number of benzene rings is 1. The average Bonchev–Trinajstić information content (AvgIpc) is 3.07. The number of primary amides is 1. The normalized spacial score (nSPS) is 27.6. The van der Waals surface area contributed by atoms with E-state index in [1.165, 1.54) is 0 Å². The smallest absolute Gasteiger partial charge is 0.404 e. The molecule has 2 amide bonds. The molecule has 1 heterocycles. The molecule has 1 aromatic rings. The van der Waals surface area contributed by atoms with Crippen LogP contribution in [0.4, 0.5) is 4.79 Å². The Balaban J connectivity index is 1.69. The zero-order chi connectivity index (χ0) is 19.7. The second kappa shape index (κ2) is 7.50. The van der Waals surface area contributed by atoms with Gasteiger partial charge in [-0.1, -0.05) is 44.2 Å². The van der Waals surface area contributed by atoms with Crippen LogP contribution in [0, 0.1) is 11.3 Å². The SMILES string of the molecule is CC(C)[C@]1(C(=O)N2CCC(O)(c3ccccc3)CC2)CC[C@@H](OC(N)=O)C1. The Morgan fingerprint density at radius 2 is 1.81 bits per heavy atom. The van der Waals surface area contributed by atoms with Crippen molar-refractivity contribution in [1.29, 1.82) is 0 Å². The van der Waals surface area contributed by atoms with Crippen LogP contribution >= 0.6 is 0 Å². The summed E-state index contributed by atoms with van der Waals surface area (Å²) in [6.07, 6.45) is 1.86. The van der Waals surface area contributed by atoms with Crippen molar-refractivity contribution in [3.05, 3.63) is 35.9 Å². The molecule has 1 aliphatic heterocycles. The third kappa shape index (κ3) is 3.81. The molecule has 2 atom stereocenters. The van der Waals surface area contributed by atoms with Gasteiger partial charge in [-0.3, -0.25) is 4.79 Å². The first kappa shape index (κ1) is 19.7. The van der Waals surface area contributed by atoms with E-state index in [1.54, 1.807) is 0 Å². The van der Waals surface area contributed by atoms with E-state index in [-0.39, 0.29) is 17.9 Å². The summed E-state index contributed by atoms with van der Waals surface area (Å²) in [4.78, 5) is 26.4. The van der Waals surface area contributed by atoms with Crippen molar-refractivity contribution in [2.45, 2.75) is 57.7 Å². The molecule has 1 saturated carbocycles. The topological polar surface area (TPSA) is 92.9 Å². The monoisotopic (exact) mass is 374 g/mol. The summed E-state index contributed by atoms with van der Waals surface area (Å²) in [6.45, 7) is 5.16. The number of piperidine rings is 1. The number of amides is 2. The molecule has 6 heteroatoms. The van der Waals surface area contributed by atoms with Gasteiger partial charge in [0, 0.05) is 13.1 Å². The van der Waals surface area contributed by atoms with Gasteiger partial charge in [0.25, 0.3) is 0 Å².